The average molecular weight is 450 g/mol. The van der Waals surface area contributed by atoms with Gasteiger partial charge in [-0.25, -0.2) is 0 Å². The summed E-state index contributed by atoms with van der Waals surface area (Å²) in [7, 11) is 0. The van der Waals surface area contributed by atoms with Crippen LogP contribution in [0.15, 0.2) is 103 Å². The molecule has 0 unspecified atom stereocenters. The van der Waals surface area contributed by atoms with E-state index in [0.717, 1.165) is 28.5 Å². The molecule has 0 saturated heterocycles. The molecule has 2 aliphatic heterocycles. The van der Waals surface area contributed by atoms with Crippen molar-refractivity contribution in [1.82, 2.24) is 0 Å². The SMILES string of the molecule is Cc1ccccc1-c1ccc2c(c1)Oc1cccc3c1B2c1ccc(-c2ccccc2C)cc1O3. The Morgan fingerprint density at radius 1 is 0.486 bits per heavy atom. The molecule has 166 valence electrons. The number of ether oxygens (including phenoxy) is 2. The highest BCUT2D eigenvalue weighted by Gasteiger charge is 2.40. The maximum absolute atomic E-state index is 6.47. The maximum atomic E-state index is 6.47. The van der Waals surface area contributed by atoms with Crippen LogP contribution in [0.2, 0.25) is 0 Å². The summed E-state index contributed by atoms with van der Waals surface area (Å²) in [6, 6.07) is 36.3. The second-order valence-electron chi connectivity index (χ2n) is 9.44. The van der Waals surface area contributed by atoms with Crippen LogP contribution in [0, 0.1) is 13.8 Å². The molecule has 0 aromatic heterocycles. The lowest BCUT2D eigenvalue weighted by atomic mass is 9.35. The zero-order valence-corrected chi connectivity index (χ0v) is 19.7. The van der Waals surface area contributed by atoms with E-state index in [1.165, 1.54) is 44.3 Å². The first-order valence-electron chi connectivity index (χ1n) is 12.1. The predicted octanol–water partition coefficient (Wildman–Crippen LogP) is 6.37. The monoisotopic (exact) mass is 450 g/mol. The second kappa shape index (κ2) is 7.64. The third kappa shape index (κ3) is 3.12. The lowest BCUT2D eigenvalue weighted by Gasteiger charge is -2.33. The molecule has 2 nitrogen and oxygen atoms in total. The maximum Gasteiger partial charge on any atom is 0.260 e. The Kier molecular flexibility index (Phi) is 4.40. The van der Waals surface area contributed by atoms with E-state index in [4.69, 9.17) is 9.47 Å². The molecule has 0 fully saturated rings. The van der Waals surface area contributed by atoms with Gasteiger partial charge in [-0.05, 0) is 82.4 Å². The molecular formula is C32H23BO2. The molecule has 5 aromatic carbocycles. The third-order valence-corrected chi connectivity index (χ3v) is 7.32. The Labute approximate surface area is 205 Å². The molecule has 3 heteroatoms. The summed E-state index contributed by atoms with van der Waals surface area (Å²) >= 11 is 0. The van der Waals surface area contributed by atoms with Crippen molar-refractivity contribution in [2.75, 3.05) is 0 Å². The fourth-order valence-corrected chi connectivity index (χ4v) is 5.55. The number of rotatable bonds is 2. The van der Waals surface area contributed by atoms with Gasteiger partial charge in [0.25, 0.3) is 6.71 Å². The van der Waals surface area contributed by atoms with E-state index in [9.17, 15) is 0 Å². The molecule has 7 rings (SSSR count). The van der Waals surface area contributed by atoms with Gasteiger partial charge >= 0.3 is 0 Å². The molecule has 0 atom stereocenters. The molecule has 5 aromatic rings. The quantitative estimate of drug-likeness (QED) is 0.285. The van der Waals surface area contributed by atoms with Gasteiger partial charge in [0.2, 0.25) is 0 Å². The molecule has 35 heavy (non-hydrogen) atoms. The van der Waals surface area contributed by atoms with E-state index < -0.39 is 0 Å². The largest absolute Gasteiger partial charge is 0.458 e. The van der Waals surface area contributed by atoms with E-state index in [1.54, 1.807) is 0 Å². The van der Waals surface area contributed by atoms with Crippen LogP contribution in [0.25, 0.3) is 22.3 Å². The minimum absolute atomic E-state index is 0.0746. The number of fused-ring (bicyclic) bond motifs is 4. The molecule has 0 N–H and O–H groups in total. The normalized spacial score (nSPS) is 12.7. The minimum Gasteiger partial charge on any atom is -0.458 e. The summed E-state index contributed by atoms with van der Waals surface area (Å²) in [5, 5.41) is 0. The molecule has 0 spiro atoms. The summed E-state index contributed by atoms with van der Waals surface area (Å²) in [5.41, 5.74) is 10.8. The predicted molar refractivity (Wildman–Crippen MR) is 144 cm³/mol. The zero-order chi connectivity index (χ0) is 23.5. The van der Waals surface area contributed by atoms with Crippen LogP contribution in [0.4, 0.5) is 0 Å². The van der Waals surface area contributed by atoms with Crippen LogP contribution in [0.5, 0.6) is 23.0 Å². The van der Waals surface area contributed by atoms with E-state index in [0.29, 0.717) is 0 Å². The Balaban J connectivity index is 1.40. The van der Waals surface area contributed by atoms with Gasteiger partial charge in [-0.1, -0.05) is 78.9 Å². The fourth-order valence-electron chi connectivity index (χ4n) is 5.55. The number of hydrogen-bond acceptors (Lipinski definition) is 2. The smallest absolute Gasteiger partial charge is 0.260 e. The van der Waals surface area contributed by atoms with Crippen LogP contribution in [0.3, 0.4) is 0 Å². The number of hydrogen-bond donors (Lipinski definition) is 0. The van der Waals surface area contributed by atoms with Gasteiger partial charge < -0.3 is 9.47 Å². The number of benzene rings is 5. The van der Waals surface area contributed by atoms with Gasteiger partial charge in [0, 0.05) is 5.46 Å². The molecule has 0 amide bonds. The first-order valence-corrected chi connectivity index (χ1v) is 12.1. The Hall–Kier alpha value is -4.24. The van der Waals surface area contributed by atoms with Crippen molar-refractivity contribution < 1.29 is 9.47 Å². The van der Waals surface area contributed by atoms with E-state index in [2.05, 4.69) is 98.8 Å². The lowest BCUT2D eigenvalue weighted by Crippen LogP contribution is -2.57. The topological polar surface area (TPSA) is 18.5 Å². The average Bonchev–Trinajstić information content (AvgIpc) is 2.88. The highest BCUT2D eigenvalue weighted by molar-refractivity contribution is 6.98. The zero-order valence-electron chi connectivity index (χ0n) is 19.7. The first-order chi connectivity index (χ1) is 17.2. The Morgan fingerprint density at radius 2 is 0.971 bits per heavy atom. The van der Waals surface area contributed by atoms with Gasteiger partial charge in [0.05, 0.1) is 0 Å². The van der Waals surface area contributed by atoms with Crippen molar-refractivity contribution in [2.45, 2.75) is 13.8 Å². The van der Waals surface area contributed by atoms with Gasteiger partial charge in [-0.2, -0.15) is 0 Å². The molecule has 0 aliphatic carbocycles. The van der Waals surface area contributed by atoms with Crippen molar-refractivity contribution in [3.63, 3.8) is 0 Å². The molecule has 2 aliphatic rings. The van der Waals surface area contributed by atoms with Crippen LogP contribution in [-0.2, 0) is 0 Å². The third-order valence-electron chi connectivity index (χ3n) is 7.32. The van der Waals surface area contributed by atoms with Crippen LogP contribution in [0.1, 0.15) is 11.1 Å². The fraction of sp³-hybridized carbons (Fsp3) is 0.0625. The van der Waals surface area contributed by atoms with Gasteiger partial charge in [-0.15, -0.1) is 0 Å². The summed E-state index contributed by atoms with van der Waals surface area (Å²) in [6.45, 7) is 4.38. The highest BCUT2D eigenvalue weighted by Crippen LogP contribution is 2.37. The van der Waals surface area contributed by atoms with Gasteiger partial charge in [0.1, 0.15) is 23.0 Å². The lowest BCUT2D eigenvalue weighted by molar-refractivity contribution is 0.464. The van der Waals surface area contributed by atoms with Gasteiger partial charge in [0.15, 0.2) is 0 Å². The first kappa shape index (κ1) is 20.2. The molecule has 0 radical (unpaired) electrons. The van der Waals surface area contributed by atoms with Gasteiger partial charge in [-0.3, -0.25) is 0 Å². The summed E-state index contributed by atoms with van der Waals surface area (Å²) in [4.78, 5) is 0. The van der Waals surface area contributed by atoms with E-state index in [1.807, 2.05) is 18.2 Å². The number of aryl methyl sites for hydroxylation is 2. The van der Waals surface area contributed by atoms with Crippen molar-refractivity contribution in [1.29, 1.82) is 0 Å². The van der Waals surface area contributed by atoms with Crippen LogP contribution >= 0.6 is 0 Å². The summed E-state index contributed by atoms with van der Waals surface area (Å²) < 4.78 is 12.9. The second-order valence-corrected chi connectivity index (χ2v) is 9.44. The Morgan fingerprint density at radius 3 is 1.46 bits per heavy atom. The van der Waals surface area contributed by atoms with Crippen molar-refractivity contribution in [3.8, 4) is 45.3 Å². The summed E-state index contributed by atoms with van der Waals surface area (Å²) in [5.74, 6) is 3.57. The molecular weight excluding hydrogens is 427 g/mol. The van der Waals surface area contributed by atoms with Crippen LogP contribution < -0.4 is 25.9 Å². The molecule has 0 bridgehead atoms. The molecule has 0 saturated carbocycles. The van der Waals surface area contributed by atoms with Crippen LogP contribution in [-0.4, -0.2) is 6.71 Å². The van der Waals surface area contributed by atoms with Crippen molar-refractivity contribution in [3.05, 3.63) is 114 Å². The standard InChI is InChI=1S/C32H23BO2/c1-20-8-3-5-10-24(20)22-14-16-26-30(18-22)34-28-12-7-13-29-32(28)33(26)27-17-15-23(19-31(27)35-29)25-11-6-4-9-21(25)2/h3-19H,1-2H3. The minimum atomic E-state index is 0.0746. The summed E-state index contributed by atoms with van der Waals surface area (Å²) in [6.07, 6.45) is 0. The Bertz CT molecular complexity index is 1520. The van der Waals surface area contributed by atoms with E-state index >= 15 is 0 Å². The van der Waals surface area contributed by atoms with Crippen molar-refractivity contribution >= 4 is 23.1 Å². The highest BCUT2D eigenvalue weighted by atomic mass is 16.5. The van der Waals surface area contributed by atoms with E-state index in [-0.39, 0.29) is 6.71 Å². The molecule has 2 heterocycles. The van der Waals surface area contributed by atoms with Crippen molar-refractivity contribution in [2.24, 2.45) is 0 Å².